The maximum atomic E-state index is 13.8. The first-order chi connectivity index (χ1) is 12.4. The highest BCUT2D eigenvalue weighted by Crippen LogP contribution is 2.16. The minimum atomic E-state index is -0.175. The largest absolute Gasteiger partial charge is 0.379 e. The van der Waals surface area contributed by atoms with E-state index in [1.807, 2.05) is 19.1 Å². The van der Waals surface area contributed by atoms with Crippen LogP contribution in [-0.4, -0.2) is 56.8 Å². The molecular formula is C20H33FN4O. The van der Waals surface area contributed by atoms with Gasteiger partial charge < -0.3 is 15.4 Å². The van der Waals surface area contributed by atoms with Gasteiger partial charge in [0.05, 0.1) is 19.3 Å². The van der Waals surface area contributed by atoms with Crippen LogP contribution in [0.25, 0.3) is 0 Å². The Hall–Kier alpha value is -1.66. The number of hydrogen-bond donors (Lipinski definition) is 2. The van der Waals surface area contributed by atoms with Crippen molar-refractivity contribution < 1.29 is 9.13 Å². The van der Waals surface area contributed by atoms with Crippen LogP contribution in [0.3, 0.4) is 0 Å². The predicted molar refractivity (Wildman–Crippen MR) is 105 cm³/mol. The smallest absolute Gasteiger partial charge is 0.191 e. The Morgan fingerprint density at radius 3 is 2.54 bits per heavy atom. The Morgan fingerprint density at radius 1 is 1.27 bits per heavy atom. The average molecular weight is 365 g/mol. The fraction of sp³-hybridized carbons (Fsp3) is 0.650. The minimum Gasteiger partial charge on any atom is -0.379 e. The number of morpholine rings is 1. The number of nitrogens with zero attached hydrogens (tertiary/aromatic N) is 2. The van der Waals surface area contributed by atoms with Crippen LogP contribution in [0.4, 0.5) is 4.39 Å². The number of aryl methyl sites for hydroxylation is 1. The standard InChI is InChI=1S/C20H33FN4O/c1-14(2)19(25-8-10-26-11-9-25)13-23-20(22-5)24-16(4)17-7-6-15(3)18(21)12-17/h6-7,12,14,16,19H,8-11,13H2,1-5H3,(H2,22,23,24). The van der Waals surface area contributed by atoms with Gasteiger partial charge in [-0.2, -0.15) is 0 Å². The molecule has 1 aliphatic heterocycles. The lowest BCUT2D eigenvalue weighted by Crippen LogP contribution is -2.52. The van der Waals surface area contributed by atoms with Crippen LogP contribution in [0.5, 0.6) is 0 Å². The topological polar surface area (TPSA) is 48.9 Å². The van der Waals surface area contributed by atoms with E-state index in [-0.39, 0.29) is 11.9 Å². The summed E-state index contributed by atoms with van der Waals surface area (Å²) in [7, 11) is 1.76. The van der Waals surface area contributed by atoms with Gasteiger partial charge in [0.1, 0.15) is 5.82 Å². The molecule has 2 rings (SSSR count). The highest BCUT2D eigenvalue weighted by Gasteiger charge is 2.24. The molecule has 146 valence electrons. The molecule has 1 aliphatic rings. The van der Waals surface area contributed by atoms with E-state index in [1.54, 1.807) is 20.0 Å². The zero-order chi connectivity index (χ0) is 19.1. The van der Waals surface area contributed by atoms with Crippen molar-refractivity contribution in [2.45, 2.75) is 39.8 Å². The number of aliphatic imine (C=N–C) groups is 1. The molecule has 5 nitrogen and oxygen atoms in total. The summed E-state index contributed by atoms with van der Waals surface area (Å²) in [6, 6.07) is 5.74. The number of rotatable bonds is 6. The SMILES string of the molecule is CN=C(NCC(C(C)C)N1CCOCC1)NC(C)c1ccc(C)c(F)c1. The highest BCUT2D eigenvalue weighted by molar-refractivity contribution is 5.80. The number of halogens is 1. The Balaban J connectivity index is 1.94. The molecule has 1 saturated heterocycles. The summed E-state index contributed by atoms with van der Waals surface area (Å²) in [6.45, 7) is 12.6. The molecule has 1 aromatic rings. The van der Waals surface area contributed by atoms with Crippen molar-refractivity contribution in [3.63, 3.8) is 0 Å². The third kappa shape index (κ3) is 5.68. The lowest BCUT2D eigenvalue weighted by molar-refractivity contribution is 0.00751. The highest BCUT2D eigenvalue weighted by atomic mass is 19.1. The molecule has 6 heteroatoms. The Bertz CT molecular complexity index is 599. The Labute approximate surface area is 157 Å². The first-order valence-corrected chi connectivity index (χ1v) is 9.47. The fourth-order valence-corrected chi connectivity index (χ4v) is 3.26. The van der Waals surface area contributed by atoms with Crippen molar-refractivity contribution in [2.75, 3.05) is 39.9 Å². The molecule has 0 bridgehead atoms. The second-order valence-electron chi connectivity index (χ2n) is 7.29. The molecule has 0 amide bonds. The third-order valence-electron chi connectivity index (χ3n) is 5.04. The summed E-state index contributed by atoms with van der Waals surface area (Å²) in [5.41, 5.74) is 1.57. The maximum Gasteiger partial charge on any atom is 0.191 e. The molecule has 2 N–H and O–H groups in total. The van der Waals surface area contributed by atoms with Gasteiger partial charge in [-0.05, 0) is 37.0 Å². The average Bonchev–Trinajstić information content (AvgIpc) is 2.63. The van der Waals surface area contributed by atoms with Crippen LogP contribution >= 0.6 is 0 Å². The van der Waals surface area contributed by atoms with Gasteiger partial charge in [0.15, 0.2) is 5.96 Å². The molecule has 0 saturated carbocycles. The van der Waals surface area contributed by atoms with Gasteiger partial charge in [0.25, 0.3) is 0 Å². The molecule has 1 heterocycles. The number of ether oxygens (including phenoxy) is 1. The number of hydrogen-bond acceptors (Lipinski definition) is 3. The van der Waals surface area contributed by atoms with E-state index in [9.17, 15) is 4.39 Å². The van der Waals surface area contributed by atoms with Crippen LogP contribution in [0.2, 0.25) is 0 Å². The third-order valence-corrected chi connectivity index (χ3v) is 5.04. The molecule has 1 aromatic carbocycles. The second kappa shape index (κ2) is 9.88. The molecule has 0 aliphatic carbocycles. The Morgan fingerprint density at radius 2 is 1.96 bits per heavy atom. The quantitative estimate of drug-likeness (QED) is 0.602. The molecule has 0 aromatic heterocycles. The van der Waals surface area contributed by atoms with Crippen LogP contribution in [0.15, 0.2) is 23.2 Å². The molecule has 1 fully saturated rings. The van der Waals surface area contributed by atoms with Gasteiger partial charge >= 0.3 is 0 Å². The number of benzene rings is 1. The van der Waals surface area contributed by atoms with E-state index in [2.05, 4.69) is 34.4 Å². The second-order valence-corrected chi connectivity index (χ2v) is 7.29. The van der Waals surface area contributed by atoms with Gasteiger partial charge in [-0.1, -0.05) is 26.0 Å². The minimum absolute atomic E-state index is 0.0304. The van der Waals surface area contributed by atoms with E-state index < -0.39 is 0 Å². The first kappa shape index (κ1) is 20.6. The molecule has 2 unspecified atom stereocenters. The van der Waals surface area contributed by atoms with Gasteiger partial charge in [-0.3, -0.25) is 9.89 Å². The summed E-state index contributed by atoms with van der Waals surface area (Å²) in [5.74, 6) is 1.09. The molecule has 0 radical (unpaired) electrons. The zero-order valence-corrected chi connectivity index (χ0v) is 16.7. The van der Waals surface area contributed by atoms with Gasteiger partial charge in [0, 0.05) is 32.7 Å². The molecule has 2 atom stereocenters. The summed E-state index contributed by atoms with van der Waals surface area (Å²) >= 11 is 0. The lowest BCUT2D eigenvalue weighted by Gasteiger charge is -2.37. The Kier molecular flexibility index (Phi) is 7.85. The van der Waals surface area contributed by atoms with Crippen LogP contribution in [0.1, 0.15) is 37.9 Å². The normalized spacial score (nSPS) is 18.7. The van der Waals surface area contributed by atoms with Crippen molar-refractivity contribution >= 4 is 5.96 Å². The summed E-state index contributed by atoms with van der Waals surface area (Å²) in [5, 5.41) is 6.79. The molecule has 26 heavy (non-hydrogen) atoms. The van der Waals surface area contributed by atoms with Crippen molar-refractivity contribution in [3.8, 4) is 0 Å². The van der Waals surface area contributed by atoms with E-state index in [0.29, 0.717) is 17.5 Å². The van der Waals surface area contributed by atoms with E-state index in [4.69, 9.17) is 4.74 Å². The number of guanidine groups is 1. The van der Waals surface area contributed by atoms with Crippen LogP contribution in [0, 0.1) is 18.7 Å². The maximum absolute atomic E-state index is 13.8. The summed E-state index contributed by atoms with van der Waals surface area (Å²) in [6.07, 6.45) is 0. The van der Waals surface area contributed by atoms with Crippen molar-refractivity contribution in [2.24, 2.45) is 10.9 Å². The van der Waals surface area contributed by atoms with Crippen molar-refractivity contribution in [1.82, 2.24) is 15.5 Å². The monoisotopic (exact) mass is 364 g/mol. The molecule has 0 spiro atoms. The summed E-state index contributed by atoms with van der Waals surface area (Å²) < 4.78 is 19.3. The summed E-state index contributed by atoms with van der Waals surface area (Å²) in [4.78, 5) is 6.81. The van der Waals surface area contributed by atoms with Crippen LogP contribution < -0.4 is 10.6 Å². The van der Waals surface area contributed by atoms with Gasteiger partial charge in [-0.15, -0.1) is 0 Å². The zero-order valence-electron chi connectivity index (χ0n) is 16.7. The fourth-order valence-electron chi connectivity index (χ4n) is 3.26. The predicted octanol–water partition coefficient (Wildman–Crippen LogP) is 2.72. The van der Waals surface area contributed by atoms with E-state index in [0.717, 1.165) is 44.4 Å². The van der Waals surface area contributed by atoms with Gasteiger partial charge in [0.2, 0.25) is 0 Å². The van der Waals surface area contributed by atoms with Crippen LogP contribution in [-0.2, 0) is 4.74 Å². The molecular weight excluding hydrogens is 331 g/mol. The first-order valence-electron chi connectivity index (χ1n) is 9.47. The van der Waals surface area contributed by atoms with E-state index >= 15 is 0 Å². The van der Waals surface area contributed by atoms with Gasteiger partial charge in [-0.25, -0.2) is 4.39 Å². The van der Waals surface area contributed by atoms with Crippen molar-refractivity contribution in [1.29, 1.82) is 0 Å². The lowest BCUT2D eigenvalue weighted by atomic mass is 10.0. The van der Waals surface area contributed by atoms with E-state index in [1.165, 1.54) is 0 Å². The van der Waals surface area contributed by atoms with Crippen molar-refractivity contribution in [3.05, 3.63) is 35.1 Å². The number of nitrogens with one attached hydrogen (secondary N) is 2.